The highest BCUT2D eigenvalue weighted by atomic mass is 32.2. The molecule has 2 rings (SSSR count). The number of nitrogens with one attached hydrogen (secondary N) is 1. The molecule has 0 radical (unpaired) electrons. The zero-order valence-electron chi connectivity index (χ0n) is 18.1. The number of esters is 1. The number of benzene rings is 1. The van der Waals surface area contributed by atoms with Crippen LogP contribution in [0.5, 0.6) is 11.5 Å². The van der Waals surface area contributed by atoms with Crippen molar-refractivity contribution in [2.45, 2.75) is 78.2 Å². The Morgan fingerprint density at radius 3 is 2.32 bits per heavy atom. The maximum absolute atomic E-state index is 11.9. The molecular weight excluding hydrogens is 376 g/mol. The summed E-state index contributed by atoms with van der Waals surface area (Å²) in [5.74, 6) is 1.66. The second-order valence-electron chi connectivity index (χ2n) is 9.68. The summed E-state index contributed by atoms with van der Waals surface area (Å²) in [5, 5.41) is 0. The van der Waals surface area contributed by atoms with Gasteiger partial charge in [-0.05, 0) is 35.8 Å². The second-order valence-corrected chi connectivity index (χ2v) is 10.5. The van der Waals surface area contributed by atoms with Gasteiger partial charge in [-0.3, -0.25) is 9.52 Å². The van der Waals surface area contributed by atoms with Crippen molar-refractivity contribution in [3.63, 3.8) is 0 Å². The van der Waals surface area contributed by atoms with Crippen LogP contribution in [0.1, 0.15) is 72.1 Å². The summed E-state index contributed by atoms with van der Waals surface area (Å²) in [7, 11) is 0. The minimum atomic E-state index is -0.577. The molecule has 6 nitrogen and oxygen atoms in total. The van der Waals surface area contributed by atoms with Crippen LogP contribution in [0.15, 0.2) is 6.07 Å². The molecule has 0 bridgehead atoms. The van der Waals surface area contributed by atoms with Gasteiger partial charge in [0.15, 0.2) is 0 Å². The lowest BCUT2D eigenvalue weighted by Crippen LogP contribution is -2.36. The highest BCUT2D eigenvalue weighted by molar-refractivity contribution is 7.98. The van der Waals surface area contributed by atoms with E-state index in [1.807, 2.05) is 13.0 Å². The van der Waals surface area contributed by atoms with Crippen molar-refractivity contribution in [2.75, 3.05) is 5.75 Å². The summed E-state index contributed by atoms with van der Waals surface area (Å²) in [4.78, 5) is 22.9. The molecule has 1 aromatic carbocycles. The lowest BCUT2D eigenvalue weighted by Gasteiger charge is -2.30. The maximum atomic E-state index is 11.9. The zero-order valence-corrected chi connectivity index (χ0v) is 18.9. The molecule has 1 atom stereocenters. The average molecular weight is 409 g/mol. The van der Waals surface area contributed by atoms with E-state index in [1.54, 1.807) is 0 Å². The molecule has 1 heterocycles. The normalized spacial score (nSPS) is 19.0. The Hall–Kier alpha value is -1.89. The third kappa shape index (κ3) is 4.93. The molecule has 0 aromatic heterocycles. The Balaban J connectivity index is 2.60. The quantitative estimate of drug-likeness (QED) is 0.442. The van der Waals surface area contributed by atoms with E-state index in [-0.39, 0.29) is 16.8 Å². The predicted octanol–water partition coefficient (Wildman–Crippen LogP) is 4.22. The Morgan fingerprint density at radius 2 is 1.86 bits per heavy atom. The van der Waals surface area contributed by atoms with Gasteiger partial charge >= 0.3 is 12.0 Å². The first-order chi connectivity index (χ1) is 12.6. The van der Waals surface area contributed by atoms with Crippen molar-refractivity contribution >= 4 is 23.9 Å². The van der Waals surface area contributed by atoms with E-state index in [0.29, 0.717) is 17.9 Å². The van der Waals surface area contributed by atoms with Crippen LogP contribution in [-0.2, 0) is 22.0 Å². The van der Waals surface area contributed by atoms with Gasteiger partial charge in [-0.15, -0.1) is 0 Å². The summed E-state index contributed by atoms with van der Waals surface area (Å²) in [6.07, 6.45) is 0.654. The van der Waals surface area contributed by atoms with Gasteiger partial charge in [0.2, 0.25) is 0 Å². The molecular formula is C21H32N2O4S. The molecule has 0 saturated heterocycles. The Kier molecular flexibility index (Phi) is 6.00. The van der Waals surface area contributed by atoms with Gasteiger partial charge in [0.25, 0.3) is 0 Å². The van der Waals surface area contributed by atoms with Crippen molar-refractivity contribution in [1.82, 2.24) is 4.72 Å². The largest absolute Gasteiger partial charge is 0.486 e. The molecule has 1 aliphatic heterocycles. The molecule has 1 aromatic rings. The summed E-state index contributed by atoms with van der Waals surface area (Å²) in [5.41, 5.74) is 7.18. The number of urea groups is 1. The van der Waals surface area contributed by atoms with Crippen molar-refractivity contribution in [2.24, 2.45) is 5.73 Å². The number of ether oxygens (including phenoxy) is 2. The first-order valence-electron chi connectivity index (χ1n) is 9.39. The van der Waals surface area contributed by atoms with Crippen LogP contribution < -0.4 is 19.9 Å². The predicted molar refractivity (Wildman–Crippen MR) is 113 cm³/mol. The van der Waals surface area contributed by atoms with Crippen LogP contribution in [0.3, 0.4) is 0 Å². The Labute approximate surface area is 172 Å². The standard InChI is InChI=1S/C21H32N2O4S/c1-12(24)26-17-14(19(2,3)4)9-15-13(16(17)20(5,6)7)10-21(8,27-15)11-28-23-18(22)25/h9H,10-11H2,1-8H3,(H3,22,23,25). The fourth-order valence-electron chi connectivity index (χ4n) is 3.56. The van der Waals surface area contributed by atoms with E-state index in [4.69, 9.17) is 15.2 Å². The van der Waals surface area contributed by atoms with Gasteiger partial charge in [0, 0.05) is 30.0 Å². The molecule has 0 aliphatic carbocycles. The highest BCUT2D eigenvalue weighted by Gasteiger charge is 2.42. The maximum Gasteiger partial charge on any atom is 0.322 e. The molecule has 7 heteroatoms. The van der Waals surface area contributed by atoms with E-state index in [1.165, 1.54) is 18.9 Å². The lowest BCUT2D eigenvalue weighted by molar-refractivity contribution is -0.132. The van der Waals surface area contributed by atoms with Crippen molar-refractivity contribution in [3.8, 4) is 11.5 Å². The molecule has 156 valence electrons. The van der Waals surface area contributed by atoms with Gasteiger partial charge < -0.3 is 15.2 Å². The van der Waals surface area contributed by atoms with Crippen molar-refractivity contribution in [1.29, 1.82) is 0 Å². The average Bonchev–Trinajstić information content (AvgIpc) is 2.78. The number of amides is 2. The van der Waals surface area contributed by atoms with E-state index in [9.17, 15) is 9.59 Å². The van der Waals surface area contributed by atoms with Crippen LogP contribution in [0.2, 0.25) is 0 Å². The summed E-state index contributed by atoms with van der Waals surface area (Å²) >= 11 is 1.23. The smallest absolute Gasteiger partial charge is 0.322 e. The number of nitrogens with two attached hydrogens (primary N) is 1. The van der Waals surface area contributed by atoms with Crippen LogP contribution in [0.25, 0.3) is 0 Å². The molecule has 3 N–H and O–H groups in total. The van der Waals surface area contributed by atoms with Crippen LogP contribution in [0.4, 0.5) is 4.79 Å². The van der Waals surface area contributed by atoms with Crippen LogP contribution in [0, 0.1) is 0 Å². The van der Waals surface area contributed by atoms with E-state index >= 15 is 0 Å². The van der Waals surface area contributed by atoms with E-state index in [0.717, 1.165) is 22.4 Å². The summed E-state index contributed by atoms with van der Waals surface area (Å²) < 4.78 is 14.7. The fraction of sp³-hybridized carbons (Fsp3) is 0.619. The van der Waals surface area contributed by atoms with Gasteiger partial charge in [-0.25, -0.2) is 4.79 Å². The van der Waals surface area contributed by atoms with Crippen LogP contribution in [-0.4, -0.2) is 23.4 Å². The molecule has 0 saturated carbocycles. The third-order valence-electron chi connectivity index (χ3n) is 4.61. The molecule has 1 aliphatic rings. The summed E-state index contributed by atoms with van der Waals surface area (Å²) in [6.45, 7) is 16.1. The van der Waals surface area contributed by atoms with Gasteiger partial charge in [0.1, 0.15) is 17.1 Å². The van der Waals surface area contributed by atoms with Gasteiger partial charge in [0.05, 0.1) is 5.75 Å². The van der Waals surface area contributed by atoms with Gasteiger partial charge in [-0.1, -0.05) is 41.5 Å². The Morgan fingerprint density at radius 1 is 1.25 bits per heavy atom. The highest BCUT2D eigenvalue weighted by Crippen LogP contribution is 2.50. The van der Waals surface area contributed by atoms with Gasteiger partial charge in [-0.2, -0.15) is 0 Å². The first kappa shape index (κ1) is 22.4. The van der Waals surface area contributed by atoms with Crippen LogP contribution >= 0.6 is 11.9 Å². The molecule has 0 spiro atoms. The zero-order chi connectivity index (χ0) is 21.5. The minimum Gasteiger partial charge on any atom is -0.486 e. The molecule has 2 amide bonds. The number of carbonyl (C=O) groups excluding carboxylic acids is 2. The number of hydrogen-bond acceptors (Lipinski definition) is 5. The second kappa shape index (κ2) is 7.50. The third-order valence-corrected chi connectivity index (χ3v) is 5.71. The van der Waals surface area contributed by atoms with Crippen molar-refractivity contribution in [3.05, 3.63) is 22.8 Å². The lowest BCUT2D eigenvalue weighted by atomic mass is 9.76. The summed E-state index contributed by atoms with van der Waals surface area (Å²) in [6, 6.07) is 1.42. The molecule has 0 fully saturated rings. The number of carbonyl (C=O) groups is 2. The molecule has 1 unspecified atom stereocenters. The van der Waals surface area contributed by atoms with Crippen molar-refractivity contribution < 1.29 is 19.1 Å². The monoisotopic (exact) mass is 408 g/mol. The topological polar surface area (TPSA) is 90.6 Å². The SMILES string of the molecule is CC(=O)Oc1c(C(C)(C)C)cc2c(c1C(C)(C)C)CC(C)(CSNC(N)=O)O2. The minimum absolute atomic E-state index is 0.232. The first-order valence-corrected chi connectivity index (χ1v) is 10.4. The number of rotatable bonds is 4. The fourth-order valence-corrected chi connectivity index (χ4v) is 4.24. The molecule has 28 heavy (non-hydrogen) atoms. The Bertz CT molecular complexity index is 793. The number of hydrogen-bond donors (Lipinski definition) is 2. The number of primary amides is 1. The van der Waals surface area contributed by atoms with E-state index in [2.05, 4.69) is 46.3 Å². The number of fused-ring (bicyclic) bond motifs is 1. The van der Waals surface area contributed by atoms with E-state index < -0.39 is 11.6 Å².